The van der Waals surface area contributed by atoms with Crippen molar-refractivity contribution in [2.45, 2.75) is 6.92 Å². The Kier molecular flexibility index (Phi) is 4.93. The van der Waals surface area contributed by atoms with E-state index in [1.165, 1.54) is 4.57 Å². The van der Waals surface area contributed by atoms with Crippen molar-refractivity contribution in [3.63, 3.8) is 0 Å². The van der Waals surface area contributed by atoms with Gasteiger partial charge in [-0.25, -0.2) is 4.98 Å². The van der Waals surface area contributed by atoms with Crippen LogP contribution < -0.4 is 10.9 Å². The first-order valence-electron chi connectivity index (χ1n) is 9.19. The lowest BCUT2D eigenvalue weighted by molar-refractivity contribution is 0.102. The lowest BCUT2D eigenvalue weighted by Crippen LogP contribution is -2.27. The van der Waals surface area contributed by atoms with Gasteiger partial charge in [-0.2, -0.15) is 0 Å². The second kappa shape index (κ2) is 7.70. The van der Waals surface area contributed by atoms with E-state index in [-0.39, 0.29) is 5.56 Å². The molecule has 0 radical (unpaired) electrons. The number of carbonyl (C=O) groups excluding carboxylic acids is 1. The minimum atomic E-state index is -0.542. The van der Waals surface area contributed by atoms with E-state index >= 15 is 0 Å². The van der Waals surface area contributed by atoms with Crippen molar-refractivity contribution in [1.82, 2.24) is 29.3 Å². The number of carbonyl (C=O) groups is 1. The number of rotatable bonds is 4. The average Bonchev–Trinajstić information content (AvgIpc) is 3.16. The fourth-order valence-corrected chi connectivity index (χ4v) is 3.00. The molecule has 9 nitrogen and oxygen atoms in total. The molecule has 0 aromatic carbocycles. The molecule has 0 aliphatic carbocycles. The van der Waals surface area contributed by atoms with Gasteiger partial charge >= 0.3 is 0 Å². The van der Waals surface area contributed by atoms with E-state index in [2.05, 4.69) is 25.5 Å². The lowest BCUT2D eigenvalue weighted by Gasteiger charge is -2.10. The minimum Gasteiger partial charge on any atom is -0.317 e. The van der Waals surface area contributed by atoms with Crippen molar-refractivity contribution in [3.05, 3.63) is 76.7 Å². The van der Waals surface area contributed by atoms with E-state index in [1.807, 2.05) is 19.1 Å². The molecule has 0 unspecified atom stereocenters. The van der Waals surface area contributed by atoms with Crippen LogP contribution in [0.3, 0.4) is 0 Å². The van der Waals surface area contributed by atoms with Gasteiger partial charge in [0.2, 0.25) is 0 Å². The highest BCUT2D eigenvalue weighted by Crippen LogP contribution is 2.19. The molecule has 0 saturated carbocycles. The molecule has 4 rings (SSSR count). The first-order chi connectivity index (χ1) is 14.4. The van der Waals surface area contributed by atoms with Crippen LogP contribution in [-0.4, -0.2) is 35.2 Å². The van der Waals surface area contributed by atoms with Crippen molar-refractivity contribution >= 4 is 11.7 Å². The van der Waals surface area contributed by atoms with Gasteiger partial charge in [0, 0.05) is 43.3 Å². The molecule has 150 valence electrons. The van der Waals surface area contributed by atoms with Crippen LogP contribution in [0.15, 0.2) is 59.9 Å². The summed E-state index contributed by atoms with van der Waals surface area (Å²) in [5.74, 6) is 0.334. The Bertz CT molecular complexity index is 1290. The number of hydrogen-bond donors (Lipinski definition) is 1. The van der Waals surface area contributed by atoms with Gasteiger partial charge in [-0.1, -0.05) is 12.1 Å². The molecule has 0 spiro atoms. The number of anilines is 1. The first-order valence-corrected chi connectivity index (χ1v) is 9.19. The van der Waals surface area contributed by atoms with E-state index in [9.17, 15) is 9.59 Å². The molecule has 0 saturated heterocycles. The van der Waals surface area contributed by atoms with Gasteiger partial charge < -0.3 is 14.5 Å². The molecule has 0 aliphatic rings. The van der Waals surface area contributed by atoms with Crippen molar-refractivity contribution < 1.29 is 4.79 Å². The van der Waals surface area contributed by atoms with Crippen molar-refractivity contribution in [3.8, 4) is 22.6 Å². The number of hydrogen-bond acceptors (Lipinski definition) is 6. The highest BCUT2D eigenvalue weighted by molar-refractivity contribution is 6.04. The van der Waals surface area contributed by atoms with Gasteiger partial charge in [-0.05, 0) is 31.2 Å². The Morgan fingerprint density at radius 2 is 1.90 bits per heavy atom. The number of nitrogens with zero attached hydrogens (tertiary/aromatic N) is 6. The smallest absolute Gasteiger partial charge is 0.263 e. The molecule has 30 heavy (non-hydrogen) atoms. The number of amides is 1. The summed E-state index contributed by atoms with van der Waals surface area (Å²) in [6.45, 7) is 1.89. The third-order valence-corrected chi connectivity index (χ3v) is 4.60. The van der Waals surface area contributed by atoms with E-state index in [4.69, 9.17) is 0 Å². The summed E-state index contributed by atoms with van der Waals surface area (Å²) < 4.78 is 3.11. The number of aromatic nitrogens is 6. The molecular formula is C21H19N7O2. The third-order valence-electron chi connectivity index (χ3n) is 4.60. The van der Waals surface area contributed by atoms with E-state index in [0.717, 1.165) is 16.8 Å². The minimum absolute atomic E-state index is 0.0152. The molecule has 1 N–H and O–H groups in total. The largest absolute Gasteiger partial charge is 0.317 e. The summed E-state index contributed by atoms with van der Waals surface area (Å²) in [4.78, 5) is 34.1. The summed E-state index contributed by atoms with van der Waals surface area (Å²) in [5, 5.41) is 10.6. The van der Waals surface area contributed by atoms with Gasteiger partial charge in [-0.15, -0.1) is 10.2 Å². The Morgan fingerprint density at radius 1 is 1.07 bits per heavy atom. The Balaban J connectivity index is 1.66. The SMILES string of the molecule is Cc1ccc(-c2cc(C(=O)Nc3cccc(-c4nncn4C)n3)c(=O)n(C)c2)cn1. The predicted octanol–water partition coefficient (Wildman–Crippen LogP) is 2.20. The van der Waals surface area contributed by atoms with Gasteiger partial charge in [0.15, 0.2) is 5.82 Å². The molecule has 0 bridgehead atoms. The highest BCUT2D eigenvalue weighted by Gasteiger charge is 2.16. The van der Waals surface area contributed by atoms with Crippen LogP contribution in [-0.2, 0) is 14.1 Å². The monoisotopic (exact) mass is 401 g/mol. The summed E-state index contributed by atoms with van der Waals surface area (Å²) >= 11 is 0. The van der Waals surface area contributed by atoms with Crippen LogP contribution in [0.4, 0.5) is 5.82 Å². The van der Waals surface area contributed by atoms with Crippen molar-refractivity contribution in [2.24, 2.45) is 14.1 Å². The molecule has 0 aliphatic heterocycles. The maximum absolute atomic E-state index is 12.9. The number of nitrogens with one attached hydrogen (secondary N) is 1. The lowest BCUT2D eigenvalue weighted by atomic mass is 10.1. The molecule has 4 aromatic heterocycles. The summed E-state index contributed by atoms with van der Waals surface area (Å²) in [6, 6.07) is 10.5. The second-order valence-electron chi connectivity index (χ2n) is 6.87. The maximum Gasteiger partial charge on any atom is 0.263 e. The average molecular weight is 401 g/mol. The van der Waals surface area contributed by atoms with E-state index in [1.54, 1.807) is 61.6 Å². The van der Waals surface area contributed by atoms with Crippen LogP contribution in [0.5, 0.6) is 0 Å². The molecule has 4 aromatic rings. The Morgan fingerprint density at radius 3 is 2.60 bits per heavy atom. The fourth-order valence-electron chi connectivity index (χ4n) is 3.00. The number of aryl methyl sites for hydroxylation is 3. The fraction of sp³-hybridized carbons (Fsp3) is 0.143. The molecule has 0 atom stereocenters. The second-order valence-corrected chi connectivity index (χ2v) is 6.87. The molecular weight excluding hydrogens is 382 g/mol. The summed E-state index contributed by atoms with van der Waals surface area (Å²) in [6.07, 6.45) is 4.96. The van der Waals surface area contributed by atoms with Crippen LogP contribution in [0.2, 0.25) is 0 Å². The zero-order valence-corrected chi connectivity index (χ0v) is 16.7. The molecule has 4 heterocycles. The van der Waals surface area contributed by atoms with Crippen LogP contribution >= 0.6 is 0 Å². The number of pyridine rings is 3. The predicted molar refractivity (Wildman–Crippen MR) is 112 cm³/mol. The van der Waals surface area contributed by atoms with Crippen molar-refractivity contribution in [1.29, 1.82) is 0 Å². The van der Waals surface area contributed by atoms with Crippen LogP contribution in [0.1, 0.15) is 16.1 Å². The topological polar surface area (TPSA) is 108 Å². The Hall–Kier alpha value is -4.14. The standard InChI is InChI=1S/C21H19N7O2/c1-13-7-8-14(10-22-13)15-9-16(21(30)27(2)11-15)20(29)25-18-6-4-5-17(24-18)19-26-23-12-28(19)3/h4-12H,1-3H3,(H,24,25,29). The van der Waals surface area contributed by atoms with Crippen molar-refractivity contribution in [2.75, 3.05) is 5.32 Å². The van der Waals surface area contributed by atoms with E-state index in [0.29, 0.717) is 17.3 Å². The third kappa shape index (κ3) is 3.72. The molecule has 0 fully saturated rings. The molecule has 1 amide bonds. The highest BCUT2D eigenvalue weighted by atomic mass is 16.2. The summed E-state index contributed by atoms with van der Waals surface area (Å²) in [7, 11) is 3.41. The normalized spacial score (nSPS) is 10.8. The zero-order valence-electron chi connectivity index (χ0n) is 16.7. The maximum atomic E-state index is 12.9. The van der Waals surface area contributed by atoms with Crippen LogP contribution in [0.25, 0.3) is 22.6 Å². The zero-order chi connectivity index (χ0) is 21.3. The first kappa shape index (κ1) is 19.2. The van der Waals surface area contributed by atoms with Gasteiger partial charge in [0.25, 0.3) is 11.5 Å². The summed E-state index contributed by atoms with van der Waals surface area (Å²) in [5.41, 5.74) is 2.58. The quantitative estimate of drug-likeness (QED) is 0.562. The Labute approximate surface area is 172 Å². The van der Waals surface area contributed by atoms with E-state index < -0.39 is 11.5 Å². The van der Waals surface area contributed by atoms with Gasteiger partial charge in [-0.3, -0.25) is 14.6 Å². The molecule has 9 heteroatoms. The van der Waals surface area contributed by atoms with Gasteiger partial charge in [0.1, 0.15) is 23.4 Å². The van der Waals surface area contributed by atoms with Gasteiger partial charge in [0.05, 0.1) is 0 Å². The van der Waals surface area contributed by atoms with Crippen LogP contribution in [0, 0.1) is 6.92 Å².